The predicted octanol–water partition coefficient (Wildman–Crippen LogP) is 3.28. The maximum Gasteiger partial charge on any atom is 0.325 e. The number of hydrogen-bond donors (Lipinski definition) is 2. The third-order valence-electron chi connectivity index (χ3n) is 6.90. The molecule has 0 bridgehead atoms. The molecule has 2 saturated heterocycles. The normalized spacial score (nSPS) is 20.6. The van der Waals surface area contributed by atoms with Gasteiger partial charge in [-0.3, -0.25) is 19.3 Å². The summed E-state index contributed by atoms with van der Waals surface area (Å²) in [4.78, 5) is 54.0. The highest BCUT2D eigenvalue weighted by Crippen LogP contribution is 2.29. The number of carbonyl (C=O) groups excluding carboxylic acids is 4. The molecular weight excluding hydrogens is 444 g/mol. The van der Waals surface area contributed by atoms with Gasteiger partial charge in [0, 0.05) is 24.7 Å². The molecule has 0 aromatic heterocycles. The molecule has 8 nitrogen and oxygen atoms in total. The number of nitrogens with one attached hydrogen (secondary N) is 2. The average Bonchev–Trinajstić information content (AvgIpc) is 3.09. The maximum atomic E-state index is 13.2. The number of hydrogen-bond acceptors (Lipinski definition) is 4. The Kier molecular flexibility index (Phi) is 7.19. The molecule has 0 saturated carbocycles. The van der Waals surface area contributed by atoms with Crippen LogP contribution in [0.25, 0.3) is 0 Å². The van der Waals surface area contributed by atoms with Crippen LogP contribution in [-0.4, -0.2) is 53.2 Å². The molecule has 1 atom stereocenters. The second-order valence-corrected chi connectivity index (χ2v) is 9.40. The summed E-state index contributed by atoms with van der Waals surface area (Å²) in [6.45, 7) is 4.28. The molecule has 184 valence electrons. The molecule has 2 heterocycles. The molecule has 5 amide bonds. The Morgan fingerprint density at radius 3 is 2.31 bits per heavy atom. The summed E-state index contributed by atoms with van der Waals surface area (Å²) in [5, 5.41) is 5.68. The van der Waals surface area contributed by atoms with E-state index < -0.39 is 17.5 Å². The lowest BCUT2D eigenvalue weighted by Crippen LogP contribution is -2.47. The topological polar surface area (TPSA) is 98.8 Å². The van der Waals surface area contributed by atoms with E-state index in [4.69, 9.17) is 0 Å². The lowest BCUT2D eigenvalue weighted by Gasteiger charge is -2.32. The zero-order valence-electron chi connectivity index (χ0n) is 20.3. The van der Waals surface area contributed by atoms with E-state index in [1.54, 1.807) is 11.8 Å². The Morgan fingerprint density at radius 1 is 1.03 bits per heavy atom. The average molecular weight is 477 g/mol. The lowest BCUT2D eigenvalue weighted by atomic mass is 9.91. The molecule has 0 spiro atoms. The van der Waals surface area contributed by atoms with Crippen LogP contribution in [0.4, 0.5) is 10.5 Å². The summed E-state index contributed by atoms with van der Waals surface area (Å²) in [6.07, 6.45) is 3.04. The number of imide groups is 1. The smallest absolute Gasteiger partial charge is 0.325 e. The number of rotatable bonds is 7. The molecule has 2 aliphatic rings. The second-order valence-electron chi connectivity index (χ2n) is 9.40. The number of nitrogens with zero attached hydrogens (tertiary/aromatic N) is 2. The number of piperidine rings is 1. The highest BCUT2D eigenvalue weighted by atomic mass is 16.2. The third-order valence-corrected chi connectivity index (χ3v) is 6.90. The van der Waals surface area contributed by atoms with Crippen LogP contribution in [0.15, 0.2) is 54.6 Å². The fourth-order valence-corrected chi connectivity index (χ4v) is 4.72. The van der Waals surface area contributed by atoms with E-state index in [1.165, 1.54) is 5.56 Å². The van der Waals surface area contributed by atoms with Crippen molar-refractivity contribution in [1.29, 1.82) is 0 Å². The van der Waals surface area contributed by atoms with Crippen molar-refractivity contribution in [2.24, 2.45) is 5.92 Å². The van der Waals surface area contributed by atoms with E-state index in [1.807, 2.05) is 54.6 Å². The lowest BCUT2D eigenvalue weighted by molar-refractivity contribution is -0.140. The van der Waals surface area contributed by atoms with Crippen molar-refractivity contribution in [2.45, 2.75) is 45.1 Å². The minimum atomic E-state index is -1.20. The third kappa shape index (κ3) is 5.21. The SMILES string of the molecule is CCCc1ccc([C@]2(C)NC(=O)N(CC(=O)N3CCC(C(=O)Nc4ccccc4)CC3)C2=O)cc1. The quantitative estimate of drug-likeness (QED) is 0.599. The van der Waals surface area contributed by atoms with Crippen LogP contribution in [0.1, 0.15) is 44.2 Å². The number of amides is 5. The van der Waals surface area contributed by atoms with Crippen molar-refractivity contribution in [2.75, 3.05) is 25.0 Å². The first-order valence-electron chi connectivity index (χ1n) is 12.2. The Labute approximate surface area is 205 Å². The zero-order valence-corrected chi connectivity index (χ0v) is 20.3. The van der Waals surface area contributed by atoms with Crippen LogP contribution in [0.2, 0.25) is 0 Å². The first kappa shape index (κ1) is 24.4. The van der Waals surface area contributed by atoms with E-state index in [-0.39, 0.29) is 24.3 Å². The number of benzene rings is 2. The molecule has 0 unspecified atom stereocenters. The van der Waals surface area contributed by atoms with Gasteiger partial charge in [0.1, 0.15) is 12.1 Å². The van der Waals surface area contributed by atoms with Gasteiger partial charge in [-0.15, -0.1) is 0 Å². The predicted molar refractivity (Wildman–Crippen MR) is 132 cm³/mol. The summed E-state index contributed by atoms with van der Waals surface area (Å²) in [5.74, 6) is -0.970. The molecular formula is C27H32N4O4. The Morgan fingerprint density at radius 2 is 1.69 bits per heavy atom. The monoisotopic (exact) mass is 476 g/mol. The fraction of sp³-hybridized carbons (Fsp3) is 0.407. The summed E-state index contributed by atoms with van der Waals surface area (Å²) in [6, 6.07) is 16.4. The molecule has 2 N–H and O–H groups in total. The van der Waals surface area contributed by atoms with Crippen LogP contribution in [0, 0.1) is 5.92 Å². The van der Waals surface area contributed by atoms with Gasteiger partial charge in [-0.05, 0) is 49.4 Å². The van der Waals surface area contributed by atoms with E-state index in [0.717, 1.165) is 23.4 Å². The van der Waals surface area contributed by atoms with E-state index in [0.29, 0.717) is 31.5 Å². The number of likely N-dealkylation sites (tertiary alicyclic amines) is 1. The number of aryl methyl sites for hydroxylation is 1. The van der Waals surface area contributed by atoms with Crippen molar-refractivity contribution in [3.63, 3.8) is 0 Å². The minimum absolute atomic E-state index is 0.0573. The Hall–Kier alpha value is -3.68. The largest absolute Gasteiger partial charge is 0.341 e. The van der Waals surface area contributed by atoms with Crippen molar-refractivity contribution in [3.05, 3.63) is 65.7 Å². The molecule has 2 aromatic carbocycles. The molecule has 2 aliphatic heterocycles. The van der Waals surface area contributed by atoms with Gasteiger partial charge in [0.2, 0.25) is 11.8 Å². The van der Waals surface area contributed by atoms with Gasteiger partial charge >= 0.3 is 6.03 Å². The minimum Gasteiger partial charge on any atom is -0.341 e. The fourth-order valence-electron chi connectivity index (χ4n) is 4.72. The summed E-state index contributed by atoms with van der Waals surface area (Å²) in [7, 11) is 0. The number of urea groups is 1. The molecule has 0 radical (unpaired) electrons. The van der Waals surface area contributed by atoms with Crippen molar-refractivity contribution < 1.29 is 19.2 Å². The van der Waals surface area contributed by atoms with Gasteiger partial charge < -0.3 is 15.5 Å². The van der Waals surface area contributed by atoms with E-state index >= 15 is 0 Å². The van der Waals surface area contributed by atoms with Gasteiger partial charge in [0.05, 0.1) is 0 Å². The van der Waals surface area contributed by atoms with Crippen LogP contribution < -0.4 is 10.6 Å². The summed E-state index contributed by atoms with van der Waals surface area (Å²) >= 11 is 0. The standard InChI is InChI=1S/C27H32N4O4/c1-3-7-19-10-12-21(13-11-19)27(2)25(34)31(26(35)29-27)18-23(32)30-16-14-20(15-17-30)24(33)28-22-8-5-4-6-9-22/h4-6,8-13,20H,3,7,14-18H2,1-2H3,(H,28,33)(H,29,35)/t27-/m0/s1. The molecule has 2 fully saturated rings. The highest BCUT2D eigenvalue weighted by molar-refractivity contribution is 6.09. The van der Waals surface area contributed by atoms with Crippen LogP contribution >= 0.6 is 0 Å². The van der Waals surface area contributed by atoms with E-state index in [2.05, 4.69) is 17.6 Å². The zero-order chi connectivity index (χ0) is 25.0. The van der Waals surface area contributed by atoms with Gasteiger partial charge in [-0.1, -0.05) is 55.8 Å². The van der Waals surface area contributed by atoms with Gasteiger partial charge in [-0.25, -0.2) is 4.79 Å². The maximum absolute atomic E-state index is 13.2. The van der Waals surface area contributed by atoms with Crippen LogP contribution in [0.3, 0.4) is 0 Å². The van der Waals surface area contributed by atoms with Gasteiger partial charge in [0.25, 0.3) is 5.91 Å². The first-order chi connectivity index (χ1) is 16.8. The molecule has 2 aromatic rings. The first-order valence-corrected chi connectivity index (χ1v) is 12.2. The molecule has 4 rings (SSSR count). The number of anilines is 1. The van der Waals surface area contributed by atoms with Crippen LogP contribution in [-0.2, 0) is 26.3 Å². The molecule has 35 heavy (non-hydrogen) atoms. The number of para-hydroxylation sites is 1. The van der Waals surface area contributed by atoms with Gasteiger partial charge in [0.15, 0.2) is 0 Å². The van der Waals surface area contributed by atoms with Crippen LogP contribution in [0.5, 0.6) is 0 Å². The summed E-state index contributed by atoms with van der Waals surface area (Å²) in [5.41, 5.74) is 1.41. The van der Waals surface area contributed by atoms with Crippen molar-refractivity contribution >= 4 is 29.4 Å². The van der Waals surface area contributed by atoms with Crippen molar-refractivity contribution in [3.8, 4) is 0 Å². The Bertz CT molecular complexity index is 1090. The second kappa shape index (κ2) is 10.3. The molecule has 0 aliphatic carbocycles. The summed E-state index contributed by atoms with van der Waals surface area (Å²) < 4.78 is 0. The van der Waals surface area contributed by atoms with Crippen molar-refractivity contribution in [1.82, 2.24) is 15.1 Å². The Balaban J connectivity index is 1.33. The van der Waals surface area contributed by atoms with Gasteiger partial charge in [-0.2, -0.15) is 0 Å². The van der Waals surface area contributed by atoms with E-state index in [9.17, 15) is 19.2 Å². The molecule has 8 heteroatoms. The highest BCUT2D eigenvalue weighted by Gasteiger charge is 2.49. The number of carbonyl (C=O) groups is 4.